The molecule has 1 amide bonds. The second-order valence-electron chi connectivity index (χ2n) is 4.18. The van der Waals surface area contributed by atoms with Crippen molar-refractivity contribution in [1.29, 1.82) is 0 Å². The topological polar surface area (TPSA) is 99.8 Å². The summed E-state index contributed by atoms with van der Waals surface area (Å²) in [5.74, 6) is 6.22. The third-order valence-electron chi connectivity index (χ3n) is 1.68. The number of carbonyl (C=O) groups is 1. The van der Waals surface area contributed by atoms with Gasteiger partial charge in [-0.15, -0.1) is 10.2 Å². The second kappa shape index (κ2) is 4.09. The van der Waals surface area contributed by atoms with E-state index in [0.717, 1.165) is 0 Å². The highest BCUT2D eigenvalue weighted by molar-refractivity contribution is 7.99. The minimum atomic E-state index is -0.402. The van der Waals surface area contributed by atoms with Gasteiger partial charge in [0.25, 0.3) is 0 Å². The maximum atomic E-state index is 10.6. The van der Waals surface area contributed by atoms with Crippen molar-refractivity contribution in [3.05, 3.63) is 5.82 Å². The van der Waals surface area contributed by atoms with Gasteiger partial charge in [-0.3, -0.25) is 4.79 Å². The summed E-state index contributed by atoms with van der Waals surface area (Å²) in [5.41, 5.74) is 4.85. The molecule has 0 saturated heterocycles. The van der Waals surface area contributed by atoms with Crippen LogP contribution in [-0.4, -0.2) is 26.5 Å². The van der Waals surface area contributed by atoms with Gasteiger partial charge in [0, 0.05) is 5.41 Å². The first-order valence-electron chi connectivity index (χ1n) is 4.44. The fourth-order valence-corrected chi connectivity index (χ4v) is 1.62. The number of hydrogen-bond donors (Lipinski definition) is 2. The summed E-state index contributed by atoms with van der Waals surface area (Å²) in [7, 11) is 0. The zero-order chi connectivity index (χ0) is 11.6. The first kappa shape index (κ1) is 11.8. The summed E-state index contributed by atoms with van der Waals surface area (Å²) in [6, 6.07) is 0. The first-order chi connectivity index (χ1) is 6.82. The molecule has 0 fully saturated rings. The molecule has 0 aliphatic heterocycles. The maximum absolute atomic E-state index is 10.6. The van der Waals surface area contributed by atoms with Crippen LogP contribution in [0.3, 0.4) is 0 Å². The Labute approximate surface area is 92.4 Å². The van der Waals surface area contributed by atoms with Gasteiger partial charge in [-0.2, -0.15) is 0 Å². The third kappa shape index (κ3) is 2.85. The van der Waals surface area contributed by atoms with Gasteiger partial charge < -0.3 is 11.6 Å². The quantitative estimate of drug-likeness (QED) is 0.555. The number of hydrogen-bond acceptors (Lipinski definition) is 5. The molecule has 0 atom stereocenters. The lowest BCUT2D eigenvalue weighted by Crippen LogP contribution is -2.24. The average Bonchev–Trinajstić information content (AvgIpc) is 2.42. The summed E-state index contributed by atoms with van der Waals surface area (Å²) in [6.07, 6.45) is 0. The molecule has 0 saturated carbocycles. The van der Waals surface area contributed by atoms with E-state index in [1.165, 1.54) is 16.4 Å². The van der Waals surface area contributed by atoms with Crippen molar-refractivity contribution in [2.75, 3.05) is 11.6 Å². The highest BCUT2D eigenvalue weighted by Crippen LogP contribution is 2.22. The first-order valence-corrected chi connectivity index (χ1v) is 5.43. The number of nitrogens with two attached hydrogens (primary N) is 2. The van der Waals surface area contributed by atoms with Gasteiger partial charge in [0.05, 0.1) is 5.75 Å². The van der Waals surface area contributed by atoms with Crippen LogP contribution in [0.4, 0.5) is 0 Å². The van der Waals surface area contributed by atoms with Gasteiger partial charge >= 0.3 is 0 Å². The van der Waals surface area contributed by atoms with E-state index in [2.05, 4.69) is 10.2 Å². The number of nitrogen functional groups attached to an aromatic ring is 1. The number of nitrogens with zero attached hydrogens (tertiary/aromatic N) is 3. The van der Waals surface area contributed by atoms with E-state index < -0.39 is 5.91 Å². The maximum Gasteiger partial charge on any atom is 0.227 e. The normalized spacial score (nSPS) is 11.7. The molecule has 0 aliphatic rings. The Balaban J connectivity index is 2.85. The van der Waals surface area contributed by atoms with E-state index in [9.17, 15) is 4.79 Å². The number of aromatic nitrogens is 3. The fourth-order valence-electron chi connectivity index (χ4n) is 1.02. The van der Waals surface area contributed by atoms with Crippen molar-refractivity contribution in [2.24, 2.45) is 5.73 Å². The van der Waals surface area contributed by atoms with Gasteiger partial charge in [0.15, 0.2) is 5.82 Å². The van der Waals surface area contributed by atoms with Crippen molar-refractivity contribution in [3.63, 3.8) is 0 Å². The molecule has 7 heteroatoms. The van der Waals surface area contributed by atoms with E-state index >= 15 is 0 Å². The molecule has 0 aromatic carbocycles. The van der Waals surface area contributed by atoms with E-state index in [-0.39, 0.29) is 11.2 Å². The molecule has 6 nitrogen and oxygen atoms in total. The van der Waals surface area contributed by atoms with Gasteiger partial charge in [-0.05, 0) is 0 Å². The molecule has 0 bridgehead atoms. The monoisotopic (exact) mass is 229 g/mol. The number of carbonyl (C=O) groups excluding carboxylic acids is 1. The smallest absolute Gasteiger partial charge is 0.227 e. The zero-order valence-electron chi connectivity index (χ0n) is 9.02. The molecular formula is C8H15N5OS. The van der Waals surface area contributed by atoms with Crippen LogP contribution in [0.15, 0.2) is 5.16 Å². The predicted octanol–water partition coefficient (Wildman–Crippen LogP) is -0.133. The van der Waals surface area contributed by atoms with E-state index in [1.807, 2.05) is 20.8 Å². The number of thioether (sulfide) groups is 1. The SMILES string of the molecule is CC(C)(C)c1nnc(SCC(N)=O)n1N. The van der Waals surface area contributed by atoms with E-state index in [1.54, 1.807) is 0 Å². The summed E-state index contributed by atoms with van der Waals surface area (Å²) < 4.78 is 1.40. The van der Waals surface area contributed by atoms with E-state index in [4.69, 9.17) is 11.6 Å². The molecule has 0 radical (unpaired) electrons. The number of amides is 1. The average molecular weight is 229 g/mol. The Kier molecular flexibility index (Phi) is 3.23. The summed E-state index contributed by atoms with van der Waals surface area (Å²) >= 11 is 1.18. The van der Waals surface area contributed by atoms with Crippen LogP contribution in [-0.2, 0) is 10.2 Å². The Morgan fingerprint density at radius 3 is 2.47 bits per heavy atom. The van der Waals surface area contributed by atoms with Crippen molar-refractivity contribution >= 4 is 17.7 Å². The highest BCUT2D eigenvalue weighted by atomic mass is 32.2. The Hall–Kier alpha value is -1.24. The Morgan fingerprint density at radius 2 is 2.07 bits per heavy atom. The molecule has 1 aromatic rings. The lowest BCUT2D eigenvalue weighted by atomic mass is 9.96. The molecule has 4 N–H and O–H groups in total. The van der Waals surface area contributed by atoms with E-state index in [0.29, 0.717) is 11.0 Å². The van der Waals surface area contributed by atoms with Gasteiger partial charge in [-0.1, -0.05) is 32.5 Å². The van der Waals surface area contributed by atoms with Crippen LogP contribution >= 0.6 is 11.8 Å². The fraction of sp³-hybridized carbons (Fsp3) is 0.625. The van der Waals surface area contributed by atoms with Crippen molar-refractivity contribution in [2.45, 2.75) is 31.3 Å². The number of primary amides is 1. The largest absolute Gasteiger partial charge is 0.369 e. The van der Waals surface area contributed by atoms with Gasteiger partial charge in [0.2, 0.25) is 11.1 Å². The van der Waals surface area contributed by atoms with Crippen molar-refractivity contribution in [3.8, 4) is 0 Å². The molecular weight excluding hydrogens is 214 g/mol. The lowest BCUT2D eigenvalue weighted by molar-refractivity contribution is -0.115. The van der Waals surface area contributed by atoms with Crippen LogP contribution in [0.25, 0.3) is 0 Å². The summed E-state index contributed by atoms with van der Waals surface area (Å²) in [6.45, 7) is 5.97. The molecule has 84 valence electrons. The summed E-state index contributed by atoms with van der Waals surface area (Å²) in [4.78, 5) is 10.6. The minimum absolute atomic E-state index is 0.152. The molecule has 0 aliphatic carbocycles. The van der Waals surface area contributed by atoms with Crippen LogP contribution in [0.2, 0.25) is 0 Å². The molecule has 1 aromatic heterocycles. The Bertz CT molecular complexity index is 368. The van der Waals surface area contributed by atoms with Crippen molar-refractivity contribution < 1.29 is 4.79 Å². The second-order valence-corrected chi connectivity index (χ2v) is 5.12. The lowest BCUT2D eigenvalue weighted by Gasteiger charge is -2.16. The van der Waals surface area contributed by atoms with Gasteiger partial charge in [0.1, 0.15) is 0 Å². The van der Waals surface area contributed by atoms with Crippen molar-refractivity contribution in [1.82, 2.24) is 14.9 Å². The third-order valence-corrected chi connectivity index (χ3v) is 2.64. The van der Waals surface area contributed by atoms with Crippen LogP contribution in [0, 0.1) is 0 Å². The highest BCUT2D eigenvalue weighted by Gasteiger charge is 2.22. The molecule has 1 heterocycles. The zero-order valence-corrected chi connectivity index (χ0v) is 9.84. The number of rotatable bonds is 3. The molecule has 15 heavy (non-hydrogen) atoms. The van der Waals surface area contributed by atoms with Crippen LogP contribution < -0.4 is 11.6 Å². The van der Waals surface area contributed by atoms with Gasteiger partial charge in [-0.25, -0.2) is 4.68 Å². The van der Waals surface area contributed by atoms with Crippen LogP contribution in [0.5, 0.6) is 0 Å². The Morgan fingerprint density at radius 1 is 1.47 bits per heavy atom. The molecule has 1 rings (SSSR count). The predicted molar refractivity (Wildman–Crippen MR) is 58.8 cm³/mol. The standard InChI is InChI=1S/C8H15N5OS/c1-8(2,3)6-11-12-7(13(6)10)15-4-5(9)14/h4,10H2,1-3H3,(H2,9,14). The minimum Gasteiger partial charge on any atom is -0.369 e. The summed E-state index contributed by atoms with van der Waals surface area (Å²) in [5, 5.41) is 8.38. The van der Waals surface area contributed by atoms with Crippen LogP contribution in [0.1, 0.15) is 26.6 Å². The molecule has 0 spiro atoms. The molecule has 0 unspecified atom stereocenters.